The third-order valence-electron chi connectivity index (χ3n) is 3.04. The van der Waals surface area contributed by atoms with Crippen LogP contribution in [0.25, 0.3) is 0 Å². The van der Waals surface area contributed by atoms with Gasteiger partial charge in [-0.05, 0) is 30.5 Å². The van der Waals surface area contributed by atoms with E-state index in [9.17, 15) is 13.6 Å². The average Bonchev–Trinajstić information content (AvgIpc) is 2.35. The van der Waals surface area contributed by atoms with Crippen LogP contribution in [0.5, 0.6) is 0 Å². The zero-order valence-electron chi connectivity index (χ0n) is 9.42. The Bertz CT molecular complexity index is 412. The molecule has 17 heavy (non-hydrogen) atoms. The van der Waals surface area contributed by atoms with E-state index in [1.165, 1.54) is 6.07 Å². The molecular weight excluding hydrogens is 226 g/mol. The molecule has 1 aromatic carbocycles. The standard InChI is InChI=1S/C13H14F2O2/c14-11-2-1-9(7-12(11)15)8-13(16)10-3-5-17-6-4-10/h1-2,7,10H,3-6,8H2. The highest BCUT2D eigenvalue weighted by molar-refractivity contribution is 5.83. The van der Waals surface area contributed by atoms with E-state index in [0.717, 1.165) is 25.0 Å². The summed E-state index contributed by atoms with van der Waals surface area (Å²) < 4.78 is 30.9. The number of carbonyl (C=O) groups excluding carboxylic acids is 1. The molecular formula is C13H14F2O2. The molecule has 1 aliphatic heterocycles. The molecule has 0 amide bonds. The van der Waals surface area contributed by atoms with Crippen LogP contribution in [0.1, 0.15) is 18.4 Å². The molecule has 1 fully saturated rings. The summed E-state index contributed by atoms with van der Waals surface area (Å²) in [5.74, 6) is -1.70. The maximum Gasteiger partial charge on any atom is 0.159 e. The highest BCUT2D eigenvalue weighted by Gasteiger charge is 2.21. The number of Topliss-reactive ketones (excluding diaryl/α,β-unsaturated/α-hetero) is 1. The van der Waals surface area contributed by atoms with Crippen molar-refractivity contribution in [3.8, 4) is 0 Å². The molecule has 92 valence electrons. The summed E-state index contributed by atoms with van der Waals surface area (Å²) >= 11 is 0. The van der Waals surface area contributed by atoms with Crippen molar-refractivity contribution in [3.05, 3.63) is 35.4 Å². The molecule has 1 heterocycles. The lowest BCUT2D eigenvalue weighted by molar-refractivity contribution is -0.125. The average molecular weight is 240 g/mol. The van der Waals surface area contributed by atoms with Gasteiger partial charge in [-0.3, -0.25) is 4.79 Å². The summed E-state index contributed by atoms with van der Waals surface area (Å²) in [5, 5.41) is 0. The van der Waals surface area contributed by atoms with E-state index in [2.05, 4.69) is 0 Å². The molecule has 0 spiro atoms. The molecule has 0 atom stereocenters. The number of rotatable bonds is 3. The van der Waals surface area contributed by atoms with Crippen LogP contribution >= 0.6 is 0 Å². The summed E-state index contributed by atoms with van der Waals surface area (Å²) in [5.41, 5.74) is 0.528. The summed E-state index contributed by atoms with van der Waals surface area (Å²) in [6.07, 6.45) is 1.62. The van der Waals surface area contributed by atoms with Crippen LogP contribution in [0, 0.1) is 17.6 Å². The van der Waals surface area contributed by atoms with E-state index in [4.69, 9.17) is 4.74 Å². The van der Waals surface area contributed by atoms with Gasteiger partial charge >= 0.3 is 0 Å². The van der Waals surface area contributed by atoms with Crippen LogP contribution in [0.15, 0.2) is 18.2 Å². The Morgan fingerprint density at radius 2 is 1.94 bits per heavy atom. The van der Waals surface area contributed by atoms with Gasteiger partial charge in [0.1, 0.15) is 5.78 Å². The van der Waals surface area contributed by atoms with Gasteiger partial charge in [-0.1, -0.05) is 6.07 Å². The Kier molecular flexibility index (Phi) is 3.84. The zero-order valence-corrected chi connectivity index (χ0v) is 9.42. The molecule has 2 nitrogen and oxygen atoms in total. The van der Waals surface area contributed by atoms with E-state index >= 15 is 0 Å². The lowest BCUT2D eigenvalue weighted by Gasteiger charge is -2.20. The fourth-order valence-electron chi connectivity index (χ4n) is 2.01. The number of ketones is 1. The Hall–Kier alpha value is -1.29. The molecule has 4 heteroatoms. The molecule has 0 aliphatic carbocycles. The molecule has 0 bridgehead atoms. The van der Waals surface area contributed by atoms with Crippen molar-refractivity contribution in [2.45, 2.75) is 19.3 Å². The predicted molar refractivity (Wildman–Crippen MR) is 58.6 cm³/mol. The summed E-state index contributed by atoms with van der Waals surface area (Å²) in [6.45, 7) is 1.21. The van der Waals surface area contributed by atoms with Crippen molar-refractivity contribution in [2.75, 3.05) is 13.2 Å². The Morgan fingerprint density at radius 1 is 1.24 bits per heavy atom. The van der Waals surface area contributed by atoms with Crippen LogP contribution in [0.2, 0.25) is 0 Å². The molecule has 0 aromatic heterocycles. The molecule has 1 aromatic rings. The quantitative estimate of drug-likeness (QED) is 0.811. The molecule has 0 N–H and O–H groups in total. The van der Waals surface area contributed by atoms with Crippen LogP contribution in [-0.2, 0) is 16.0 Å². The van der Waals surface area contributed by atoms with Gasteiger partial charge in [0.05, 0.1) is 0 Å². The molecule has 1 aliphatic rings. The van der Waals surface area contributed by atoms with Crippen molar-refractivity contribution < 1.29 is 18.3 Å². The third kappa shape index (κ3) is 3.09. The van der Waals surface area contributed by atoms with Crippen molar-refractivity contribution in [3.63, 3.8) is 0 Å². The predicted octanol–water partition coefficient (Wildman–Crippen LogP) is 2.50. The van der Waals surface area contributed by atoms with Crippen LogP contribution in [0.4, 0.5) is 8.78 Å². The van der Waals surface area contributed by atoms with Crippen molar-refractivity contribution in [1.82, 2.24) is 0 Å². The Labute approximate surface area is 98.6 Å². The molecule has 0 radical (unpaired) electrons. The number of hydrogen-bond acceptors (Lipinski definition) is 2. The first kappa shape index (κ1) is 12.2. The fourth-order valence-corrected chi connectivity index (χ4v) is 2.01. The van der Waals surface area contributed by atoms with Crippen LogP contribution in [-0.4, -0.2) is 19.0 Å². The van der Waals surface area contributed by atoms with Gasteiger partial charge in [-0.2, -0.15) is 0 Å². The van der Waals surface area contributed by atoms with E-state index in [1.54, 1.807) is 0 Å². The Morgan fingerprint density at radius 3 is 2.59 bits per heavy atom. The minimum Gasteiger partial charge on any atom is -0.381 e. The third-order valence-corrected chi connectivity index (χ3v) is 3.04. The second-order valence-corrected chi connectivity index (χ2v) is 4.28. The second-order valence-electron chi connectivity index (χ2n) is 4.28. The van der Waals surface area contributed by atoms with Crippen molar-refractivity contribution in [1.29, 1.82) is 0 Å². The number of carbonyl (C=O) groups is 1. The second kappa shape index (κ2) is 5.36. The van der Waals surface area contributed by atoms with Crippen molar-refractivity contribution >= 4 is 5.78 Å². The minimum atomic E-state index is -0.901. The maximum atomic E-state index is 13.0. The molecule has 2 rings (SSSR count). The van der Waals surface area contributed by atoms with E-state index in [-0.39, 0.29) is 18.1 Å². The number of hydrogen-bond donors (Lipinski definition) is 0. The normalized spacial score (nSPS) is 17.1. The number of benzene rings is 1. The van der Waals surface area contributed by atoms with Crippen molar-refractivity contribution in [2.24, 2.45) is 5.92 Å². The summed E-state index contributed by atoms with van der Waals surface area (Å²) in [7, 11) is 0. The van der Waals surface area contributed by atoms with E-state index < -0.39 is 11.6 Å². The number of halogens is 2. The van der Waals surface area contributed by atoms with Gasteiger partial charge in [-0.25, -0.2) is 8.78 Å². The zero-order chi connectivity index (χ0) is 12.3. The monoisotopic (exact) mass is 240 g/mol. The number of ether oxygens (including phenoxy) is 1. The fraction of sp³-hybridized carbons (Fsp3) is 0.462. The summed E-state index contributed by atoms with van der Waals surface area (Å²) in [6, 6.07) is 3.60. The lowest BCUT2D eigenvalue weighted by atomic mass is 9.91. The Balaban J connectivity index is 1.99. The van der Waals surface area contributed by atoms with Crippen LogP contribution < -0.4 is 0 Å². The highest BCUT2D eigenvalue weighted by atomic mass is 19.2. The largest absolute Gasteiger partial charge is 0.381 e. The lowest BCUT2D eigenvalue weighted by Crippen LogP contribution is -2.24. The van der Waals surface area contributed by atoms with Gasteiger partial charge in [0.2, 0.25) is 0 Å². The summed E-state index contributed by atoms with van der Waals surface area (Å²) in [4.78, 5) is 11.9. The van der Waals surface area contributed by atoms with Gasteiger partial charge in [-0.15, -0.1) is 0 Å². The molecule has 1 saturated heterocycles. The van der Waals surface area contributed by atoms with Crippen LogP contribution in [0.3, 0.4) is 0 Å². The van der Waals surface area contributed by atoms with Gasteiger partial charge in [0.15, 0.2) is 11.6 Å². The van der Waals surface area contributed by atoms with Gasteiger partial charge in [0, 0.05) is 25.6 Å². The van der Waals surface area contributed by atoms with E-state index in [1.807, 2.05) is 0 Å². The molecule has 0 unspecified atom stereocenters. The maximum absolute atomic E-state index is 13.0. The first-order chi connectivity index (χ1) is 8.16. The minimum absolute atomic E-state index is 0.00290. The highest BCUT2D eigenvalue weighted by Crippen LogP contribution is 2.18. The molecule has 0 saturated carbocycles. The van der Waals surface area contributed by atoms with Gasteiger partial charge in [0.25, 0.3) is 0 Å². The smallest absolute Gasteiger partial charge is 0.159 e. The van der Waals surface area contributed by atoms with Gasteiger partial charge < -0.3 is 4.74 Å². The first-order valence-electron chi connectivity index (χ1n) is 5.71. The first-order valence-corrected chi connectivity index (χ1v) is 5.71. The van der Waals surface area contributed by atoms with E-state index in [0.29, 0.717) is 18.8 Å². The SMILES string of the molecule is O=C(Cc1ccc(F)c(F)c1)C1CCOCC1. The topological polar surface area (TPSA) is 26.3 Å².